The molecule has 0 saturated carbocycles. The summed E-state index contributed by atoms with van der Waals surface area (Å²) in [6.07, 6.45) is 0. The van der Waals surface area contributed by atoms with E-state index in [-0.39, 0.29) is 4.46 Å². The predicted molar refractivity (Wildman–Crippen MR) is 64.2 cm³/mol. The molecule has 16 heavy (non-hydrogen) atoms. The third kappa shape index (κ3) is 5.65. The Morgan fingerprint density at radius 3 is 1.75 bits per heavy atom. The van der Waals surface area contributed by atoms with Gasteiger partial charge in [-0.2, -0.15) is 0 Å². The van der Waals surface area contributed by atoms with Crippen LogP contribution < -0.4 is 0 Å². The van der Waals surface area contributed by atoms with Gasteiger partial charge in [-0.25, -0.2) is 0 Å². The molecule has 0 fully saturated rings. The first-order chi connectivity index (χ1) is 7.25. The summed E-state index contributed by atoms with van der Waals surface area (Å²) in [5.74, 6) is 0. The fourth-order valence-corrected chi connectivity index (χ4v) is 1.74. The molecule has 0 radical (unpaired) electrons. The van der Waals surface area contributed by atoms with E-state index in [0.29, 0.717) is 0 Å². The van der Waals surface area contributed by atoms with E-state index in [1.54, 1.807) is 17.7 Å². The molecule has 2 N–H and O–H groups in total. The molecule has 0 aromatic heterocycles. The van der Waals surface area contributed by atoms with E-state index >= 15 is 0 Å². The van der Waals surface area contributed by atoms with E-state index in [1.165, 1.54) is 5.56 Å². The van der Waals surface area contributed by atoms with Crippen LogP contribution in [0.4, 0.5) is 0 Å². The fraction of sp³-hybridized carbons (Fsp3) is 0.300. The second-order valence-corrected chi connectivity index (χ2v) is 4.18. The molecular formula is C10H14LiO4P. The van der Waals surface area contributed by atoms with Gasteiger partial charge >= 0.3 is 90.4 Å². The van der Waals surface area contributed by atoms with Crippen molar-refractivity contribution in [3.63, 3.8) is 0 Å². The summed E-state index contributed by atoms with van der Waals surface area (Å²) in [5.41, 5.74) is 4.26. The van der Waals surface area contributed by atoms with Crippen LogP contribution in [0.3, 0.4) is 0 Å². The standard InChI is InChI=1S/C10H11O.Li.H3O3P/c1-7-4-8(2)10(6-11)9(3)5-7;;1-4(2)3/h4-5H,1-3H3;;4H,(H2,1,2,3). The summed E-state index contributed by atoms with van der Waals surface area (Å²) in [6, 6.07) is 4.09. The molecule has 1 aromatic rings. The minimum absolute atomic E-state index is 0.157. The van der Waals surface area contributed by atoms with Crippen LogP contribution >= 0.6 is 8.25 Å². The van der Waals surface area contributed by atoms with Gasteiger partial charge in [0.25, 0.3) is 0 Å². The number of rotatable bonds is 1. The van der Waals surface area contributed by atoms with Crippen LogP contribution in [0.25, 0.3) is 0 Å². The molecule has 0 aliphatic heterocycles. The Bertz CT molecular complexity index is 390. The molecule has 0 aliphatic carbocycles. The topological polar surface area (TPSA) is 74.6 Å². The van der Waals surface area contributed by atoms with Gasteiger partial charge < -0.3 is 9.79 Å². The summed E-state index contributed by atoms with van der Waals surface area (Å²) in [5, 5.41) is 0. The van der Waals surface area contributed by atoms with Crippen LogP contribution in [0.15, 0.2) is 12.1 Å². The first-order valence-electron chi connectivity index (χ1n) is 4.76. The molecule has 0 heterocycles. The minimum atomic E-state index is -3.13. The molecule has 0 bridgehead atoms. The second kappa shape index (κ2) is 7.06. The molecule has 0 aliphatic rings. The van der Waals surface area contributed by atoms with Gasteiger partial charge in [-0.3, -0.25) is 4.57 Å². The summed E-state index contributed by atoms with van der Waals surface area (Å²) >= 11 is 1.62. The van der Waals surface area contributed by atoms with Gasteiger partial charge in [-0.05, 0) is 0 Å². The second-order valence-electron chi connectivity index (χ2n) is 3.61. The summed E-state index contributed by atoms with van der Waals surface area (Å²) in [4.78, 5) is 25.5. The van der Waals surface area contributed by atoms with Crippen LogP contribution in [0.2, 0.25) is 0 Å². The molecule has 1 rings (SSSR count). The average Bonchev–Trinajstić information content (AvgIpc) is 1.98. The van der Waals surface area contributed by atoms with Crippen LogP contribution in [0, 0.1) is 20.8 Å². The summed E-state index contributed by atoms with van der Waals surface area (Å²) in [6.45, 7) is 6.01. The molecule has 0 saturated heterocycles. The van der Waals surface area contributed by atoms with Crippen molar-refractivity contribution in [2.24, 2.45) is 0 Å². The quantitative estimate of drug-likeness (QED) is 0.569. The van der Waals surface area contributed by atoms with Gasteiger partial charge in [0.2, 0.25) is 0 Å². The van der Waals surface area contributed by atoms with Crippen molar-refractivity contribution in [3.05, 3.63) is 34.4 Å². The van der Waals surface area contributed by atoms with Crippen molar-refractivity contribution in [2.45, 2.75) is 20.8 Å². The van der Waals surface area contributed by atoms with Gasteiger partial charge in [-0.1, -0.05) is 0 Å². The third-order valence-corrected chi connectivity index (χ3v) is 2.03. The van der Waals surface area contributed by atoms with E-state index in [9.17, 15) is 4.79 Å². The zero-order valence-electron chi connectivity index (χ0n) is 9.87. The molecule has 1 aromatic carbocycles. The van der Waals surface area contributed by atoms with Gasteiger partial charge in [0, 0.05) is 0 Å². The number of carbonyl (C=O) groups is 1. The van der Waals surface area contributed by atoms with Crippen molar-refractivity contribution >= 4 is 30.4 Å². The summed E-state index contributed by atoms with van der Waals surface area (Å²) in [7, 11) is -3.13. The summed E-state index contributed by atoms with van der Waals surface area (Å²) < 4.78 is 8.90. The number of hydrogen-bond donors (Lipinski definition) is 2. The van der Waals surface area contributed by atoms with E-state index < -0.39 is 8.25 Å². The van der Waals surface area contributed by atoms with Gasteiger partial charge in [0.05, 0.1) is 0 Å². The van der Waals surface area contributed by atoms with Gasteiger partial charge in [-0.15, -0.1) is 0 Å². The van der Waals surface area contributed by atoms with E-state index in [2.05, 4.69) is 0 Å². The molecular weight excluding hydrogens is 222 g/mol. The zero-order chi connectivity index (χ0) is 12.9. The maximum atomic E-state index is 11.2. The van der Waals surface area contributed by atoms with Crippen molar-refractivity contribution < 1.29 is 19.1 Å². The number of aryl methyl sites for hydroxylation is 3. The maximum absolute atomic E-state index is 11.2. The Morgan fingerprint density at radius 1 is 1.19 bits per heavy atom. The number of carbonyl (C=O) groups excluding carboxylic acids is 1. The Kier molecular flexibility index (Phi) is 6.90. The SMILES string of the molecule is O=[PH](O)O.[Li][C](=O)c1c(C)cc(C)cc1C. The van der Waals surface area contributed by atoms with E-state index in [4.69, 9.17) is 14.4 Å². The molecule has 4 nitrogen and oxygen atoms in total. The van der Waals surface area contributed by atoms with Crippen LogP contribution in [-0.2, 0) is 4.57 Å². The Balaban J connectivity index is 0.000000487. The van der Waals surface area contributed by atoms with Crippen molar-refractivity contribution in [1.29, 1.82) is 0 Å². The molecule has 84 valence electrons. The van der Waals surface area contributed by atoms with Crippen LogP contribution in [-0.4, -0.2) is 32.0 Å². The van der Waals surface area contributed by atoms with Crippen molar-refractivity contribution in [2.75, 3.05) is 0 Å². The zero-order valence-corrected chi connectivity index (χ0v) is 10.9. The molecule has 0 atom stereocenters. The van der Waals surface area contributed by atoms with E-state index in [1.807, 2.05) is 32.9 Å². The predicted octanol–water partition coefficient (Wildman–Crippen LogP) is 1.28. The first kappa shape index (κ1) is 15.6. The molecule has 0 unspecified atom stereocenters. The van der Waals surface area contributed by atoms with E-state index in [0.717, 1.165) is 16.7 Å². The number of hydrogen-bond acceptors (Lipinski definition) is 2. The van der Waals surface area contributed by atoms with Crippen LogP contribution in [0.5, 0.6) is 0 Å². The normalized spacial score (nSPS) is 9.75. The van der Waals surface area contributed by atoms with Crippen molar-refractivity contribution in [3.8, 4) is 0 Å². The number of benzene rings is 1. The van der Waals surface area contributed by atoms with Crippen molar-refractivity contribution in [1.82, 2.24) is 0 Å². The molecule has 6 heteroatoms. The third-order valence-electron chi connectivity index (χ3n) is 2.03. The fourth-order valence-electron chi connectivity index (χ4n) is 1.74. The molecule has 0 amide bonds. The Morgan fingerprint density at radius 2 is 1.50 bits per heavy atom. The Labute approximate surface area is 105 Å². The average molecular weight is 236 g/mol. The first-order valence-corrected chi connectivity index (χ1v) is 6.06. The van der Waals surface area contributed by atoms with Gasteiger partial charge in [0.1, 0.15) is 0 Å². The van der Waals surface area contributed by atoms with Gasteiger partial charge in [0.15, 0.2) is 0 Å². The monoisotopic (exact) mass is 236 g/mol. The molecule has 0 spiro atoms. The van der Waals surface area contributed by atoms with Crippen LogP contribution in [0.1, 0.15) is 27.0 Å². The Hall–Kier alpha value is -0.363.